The number of aromatic nitrogens is 2. The van der Waals surface area contributed by atoms with Crippen molar-refractivity contribution in [3.8, 4) is 0 Å². The van der Waals surface area contributed by atoms with Crippen LogP contribution in [0.15, 0.2) is 6.20 Å². The number of aryl methyl sites for hydroxylation is 2. The molecule has 2 heterocycles. The van der Waals surface area contributed by atoms with Gasteiger partial charge in [0.05, 0.1) is 17.1 Å². The molecule has 1 N–H and O–H groups in total. The molecule has 1 aromatic rings. The van der Waals surface area contributed by atoms with Crippen LogP contribution < -0.4 is 9.62 Å². The Morgan fingerprint density at radius 3 is 2.89 bits per heavy atom. The van der Waals surface area contributed by atoms with Gasteiger partial charge in [0.1, 0.15) is 0 Å². The summed E-state index contributed by atoms with van der Waals surface area (Å²) in [6, 6.07) is -0.0211. The van der Waals surface area contributed by atoms with Gasteiger partial charge in [0, 0.05) is 18.8 Å². The molecule has 0 aromatic carbocycles. The molecule has 2 rings (SSSR count). The quantitative estimate of drug-likeness (QED) is 0.877. The number of hydrogen-bond acceptors (Lipinski definition) is 5. The first-order valence-electron chi connectivity index (χ1n) is 6.41. The lowest BCUT2D eigenvalue weighted by atomic mass is 10.2. The van der Waals surface area contributed by atoms with Crippen molar-refractivity contribution >= 4 is 15.8 Å². The first-order chi connectivity index (χ1) is 8.93. The highest BCUT2D eigenvalue weighted by Gasteiger charge is 2.30. The molecule has 0 aliphatic carbocycles. The van der Waals surface area contributed by atoms with Crippen LogP contribution in [0.2, 0.25) is 0 Å². The number of rotatable bonds is 4. The van der Waals surface area contributed by atoms with Gasteiger partial charge in [-0.15, -0.1) is 0 Å². The van der Waals surface area contributed by atoms with E-state index in [1.807, 2.05) is 13.8 Å². The summed E-state index contributed by atoms with van der Waals surface area (Å²) in [5.74, 6) is 0.923. The molecule has 1 aliphatic rings. The zero-order valence-corrected chi connectivity index (χ0v) is 12.4. The molecule has 0 saturated carbocycles. The molecule has 1 fully saturated rings. The molecule has 0 bridgehead atoms. The van der Waals surface area contributed by atoms with Crippen LogP contribution in [0.3, 0.4) is 0 Å². The smallest absolute Gasteiger partial charge is 0.213 e. The minimum absolute atomic E-state index is 0.0211. The molecule has 19 heavy (non-hydrogen) atoms. The third-order valence-corrected chi connectivity index (χ3v) is 4.87. The maximum atomic E-state index is 11.7. The Morgan fingerprint density at radius 1 is 1.47 bits per heavy atom. The monoisotopic (exact) mass is 284 g/mol. The van der Waals surface area contributed by atoms with Gasteiger partial charge >= 0.3 is 0 Å². The SMILES string of the molecule is CNS(=O)(=O)C[C@@H]1CCCN1c1nc(C)cnc1C. The Balaban J connectivity index is 2.26. The molecule has 1 aliphatic heterocycles. The van der Waals surface area contributed by atoms with E-state index < -0.39 is 10.0 Å². The van der Waals surface area contributed by atoms with Crippen molar-refractivity contribution < 1.29 is 8.42 Å². The van der Waals surface area contributed by atoms with Gasteiger partial charge in [0.25, 0.3) is 0 Å². The number of anilines is 1. The van der Waals surface area contributed by atoms with Gasteiger partial charge in [0.15, 0.2) is 5.82 Å². The van der Waals surface area contributed by atoms with Crippen molar-refractivity contribution in [3.05, 3.63) is 17.6 Å². The van der Waals surface area contributed by atoms with Gasteiger partial charge in [-0.25, -0.2) is 18.1 Å². The van der Waals surface area contributed by atoms with Crippen LogP contribution in [0.5, 0.6) is 0 Å². The van der Waals surface area contributed by atoms with E-state index in [0.717, 1.165) is 36.6 Å². The second kappa shape index (κ2) is 5.42. The fraction of sp³-hybridized carbons (Fsp3) is 0.667. The first-order valence-corrected chi connectivity index (χ1v) is 8.06. The molecule has 0 radical (unpaired) electrons. The van der Waals surface area contributed by atoms with Gasteiger partial charge < -0.3 is 4.90 Å². The van der Waals surface area contributed by atoms with E-state index in [1.54, 1.807) is 6.20 Å². The fourth-order valence-electron chi connectivity index (χ4n) is 2.42. The summed E-state index contributed by atoms with van der Waals surface area (Å²) in [5.41, 5.74) is 1.70. The lowest BCUT2D eigenvalue weighted by Crippen LogP contribution is -2.39. The molecule has 7 heteroatoms. The molecule has 6 nitrogen and oxygen atoms in total. The van der Waals surface area contributed by atoms with Crippen LogP contribution in [0.4, 0.5) is 5.82 Å². The lowest BCUT2D eigenvalue weighted by molar-refractivity contribution is 0.577. The van der Waals surface area contributed by atoms with Crippen LogP contribution in [-0.2, 0) is 10.0 Å². The van der Waals surface area contributed by atoms with Crippen LogP contribution in [0.25, 0.3) is 0 Å². The Hall–Kier alpha value is -1.21. The van der Waals surface area contributed by atoms with E-state index in [9.17, 15) is 8.42 Å². The Bertz CT molecular complexity index is 559. The summed E-state index contributed by atoms with van der Waals surface area (Å²) < 4.78 is 25.8. The normalized spacial score (nSPS) is 19.9. The summed E-state index contributed by atoms with van der Waals surface area (Å²) in [5, 5.41) is 0. The zero-order chi connectivity index (χ0) is 14.0. The van der Waals surface area contributed by atoms with Crippen molar-refractivity contribution in [2.45, 2.75) is 32.7 Å². The topological polar surface area (TPSA) is 75.2 Å². The predicted octanol–water partition coefficient (Wildman–Crippen LogP) is 0.611. The maximum absolute atomic E-state index is 11.7. The van der Waals surface area contributed by atoms with Crippen molar-refractivity contribution in [2.24, 2.45) is 0 Å². The molecule has 0 unspecified atom stereocenters. The van der Waals surface area contributed by atoms with Gasteiger partial charge in [-0.2, -0.15) is 0 Å². The standard InChI is InChI=1S/C12H20N4O2S/c1-9-7-14-10(2)12(15-9)16-6-4-5-11(16)8-19(17,18)13-3/h7,11,13H,4-6,8H2,1-3H3/t11-/m0/s1. The largest absolute Gasteiger partial charge is 0.351 e. The van der Waals surface area contributed by atoms with E-state index in [1.165, 1.54) is 7.05 Å². The molecule has 1 atom stereocenters. The Morgan fingerprint density at radius 2 is 2.21 bits per heavy atom. The molecule has 1 aromatic heterocycles. The van der Waals surface area contributed by atoms with Crippen LogP contribution >= 0.6 is 0 Å². The van der Waals surface area contributed by atoms with Gasteiger partial charge in [0.2, 0.25) is 10.0 Å². The van der Waals surface area contributed by atoms with E-state index >= 15 is 0 Å². The van der Waals surface area contributed by atoms with Crippen molar-refractivity contribution in [1.29, 1.82) is 0 Å². The molecule has 0 amide bonds. The van der Waals surface area contributed by atoms with Gasteiger partial charge in [-0.1, -0.05) is 0 Å². The Kier molecular flexibility index (Phi) is 4.05. The summed E-state index contributed by atoms with van der Waals surface area (Å²) >= 11 is 0. The molecule has 0 spiro atoms. The molecular formula is C12H20N4O2S. The molecule has 106 valence electrons. The molecular weight excluding hydrogens is 264 g/mol. The minimum atomic E-state index is -3.21. The third kappa shape index (κ3) is 3.22. The number of nitrogens with zero attached hydrogens (tertiary/aromatic N) is 3. The highest BCUT2D eigenvalue weighted by atomic mass is 32.2. The molecule has 1 saturated heterocycles. The highest BCUT2D eigenvalue weighted by Crippen LogP contribution is 2.26. The van der Waals surface area contributed by atoms with Crippen molar-refractivity contribution in [3.63, 3.8) is 0 Å². The lowest BCUT2D eigenvalue weighted by Gasteiger charge is -2.26. The van der Waals surface area contributed by atoms with Gasteiger partial charge in [-0.3, -0.25) is 4.98 Å². The van der Waals surface area contributed by atoms with E-state index in [2.05, 4.69) is 19.6 Å². The average Bonchev–Trinajstić information content (AvgIpc) is 2.79. The number of nitrogens with one attached hydrogen (secondary N) is 1. The van der Waals surface area contributed by atoms with E-state index in [4.69, 9.17) is 0 Å². The fourth-order valence-corrected chi connectivity index (χ4v) is 3.44. The van der Waals surface area contributed by atoms with E-state index in [-0.39, 0.29) is 11.8 Å². The van der Waals surface area contributed by atoms with Crippen molar-refractivity contribution in [2.75, 3.05) is 24.2 Å². The highest BCUT2D eigenvalue weighted by molar-refractivity contribution is 7.89. The van der Waals surface area contributed by atoms with Crippen LogP contribution in [0, 0.1) is 13.8 Å². The van der Waals surface area contributed by atoms with Gasteiger partial charge in [-0.05, 0) is 33.7 Å². The minimum Gasteiger partial charge on any atom is -0.351 e. The van der Waals surface area contributed by atoms with Crippen LogP contribution in [0.1, 0.15) is 24.2 Å². The average molecular weight is 284 g/mol. The Labute approximate surface area is 114 Å². The predicted molar refractivity (Wildman–Crippen MR) is 74.7 cm³/mol. The number of hydrogen-bond donors (Lipinski definition) is 1. The summed E-state index contributed by atoms with van der Waals surface area (Å²) in [6.45, 7) is 4.64. The zero-order valence-electron chi connectivity index (χ0n) is 11.5. The first kappa shape index (κ1) is 14.2. The maximum Gasteiger partial charge on any atom is 0.213 e. The number of sulfonamides is 1. The summed E-state index contributed by atoms with van der Waals surface area (Å²) in [4.78, 5) is 10.9. The van der Waals surface area contributed by atoms with Crippen molar-refractivity contribution in [1.82, 2.24) is 14.7 Å². The van der Waals surface area contributed by atoms with E-state index in [0.29, 0.717) is 0 Å². The second-order valence-electron chi connectivity index (χ2n) is 4.90. The van der Waals surface area contributed by atoms with Crippen LogP contribution in [-0.4, -0.2) is 43.8 Å². The summed E-state index contributed by atoms with van der Waals surface area (Å²) in [7, 11) is -1.76. The second-order valence-corrected chi connectivity index (χ2v) is 6.87. The summed E-state index contributed by atoms with van der Waals surface area (Å²) in [6.07, 6.45) is 3.59. The third-order valence-electron chi connectivity index (χ3n) is 3.42.